The monoisotopic (exact) mass is 800 g/mol. The van der Waals surface area contributed by atoms with Gasteiger partial charge in [-0.1, -0.05) is 193 Å². The van der Waals surface area contributed by atoms with Crippen molar-refractivity contribution < 1.29 is 56.5 Å². The van der Waals surface area contributed by atoms with Gasteiger partial charge in [-0.25, -0.2) is 4.57 Å². The first-order chi connectivity index (χ1) is 28.4. The van der Waals surface area contributed by atoms with E-state index in [1.807, 2.05) is 0 Å². The average Bonchev–Trinajstić information content (AvgIpc) is 3.14. The molecule has 0 aliphatic heterocycles. The van der Waals surface area contributed by atoms with E-state index in [0.717, 1.165) is 89.9 Å². The molecule has 0 heterocycles. The zero-order valence-electron chi connectivity index (χ0n) is 39.7. The first kappa shape index (κ1) is 42.5. The van der Waals surface area contributed by atoms with Crippen LogP contribution in [0.5, 0.6) is 0 Å². The van der Waals surface area contributed by atoms with Gasteiger partial charge >= 0.3 is 19.8 Å². The number of aliphatic hydroxyl groups excluding tert-OH is 2. The zero-order chi connectivity index (χ0) is 45.0. The maximum absolute atomic E-state index is 12.2. The van der Waals surface area contributed by atoms with Gasteiger partial charge in [-0.15, -0.1) is 0 Å². The number of hydrogen-bond donors (Lipinski definition) is 4. The normalized spacial score (nSPS) is 15.1. The smallest absolute Gasteiger partial charge is 0.463 e. The van der Waals surface area contributed by atoms with Crippen molar-refractivity contribution in [2.75, 3.05) is 26.3 Å². The lowest BCUT2D eigenvalue weighted by atomic mass is 10.0. The minimum absolute atomic E-state index is 0.193. The summed E-state index contributed by atoms with van der Waals surface area (Å²) in [6.45, 7) is -5.39. The van der Waals surface area contributed by atoms with Gasteiger partial charge in [0.25, 0.3) is 0 Å². The topological polar surface area (TPSA) is 166 Å². The fourth-order valence-electron chi connectivity index (χ4n) is 6.42. The summed E-state index contributed by atoms with van der Waals surface area (Å²) in [5, 5.41) is 21.4. The standard InChI is InChI=1S/C42H84NO10P/c1-3-5-7-9-11-13-15-17-19-21-23-25-27-29-31-33-41(46)51-37-39(44)35-43(53-54(48,49)50)36-40(45)38-52-42(47)34-32-30-28-26-24-22-20-18-16-14-12-10-8-6-4-2/h39-40,44-45H,3-38H2,1-2H3,(H2,48,49,50)/q+1/t39-,40-/m0/s1/i1D3,2D3. The summed E-state index contributed by atoms with van der Waals surface area (Å²) < 4.78 is 69.7. The quantitative estimate of drug-likeness (QED) is 0.0153. The third-order valence-electron chi connectivity index (χ3n) is 9.54. The molecule has 0 rings (SSSR count). The summed E-state index contributed by atoms with van der Waals surface area (Å²) >= 11 is 0. The second kappa shape index (κ2) is 38.8. The highest BCUT2D eigenvalue weighted by Gasteiger charge is 2.28. The number of aliphatic hydroxyl groups is 2. The van der Waals surface area contributed by atoms with Gasteiger partial charge in [-0.05, 0) is 12.8 Å². The molecule has 0 aromatic rings. The van der Waals surface area contributed by atoms with Crippen LogP contribution < -0.4 is 0 Å². The molecule has 0 unspecified atom stereocenters. The van der Waals surface area contributed by atoms with E-state index < -0.39 is 72.0 Å². The van der Waals surface area contributed by atoms with Crippen molar-refractivity contribution >= 4 is 19.8 Å². The highest BCUT2D eigenvalue weighted by Crippen LogP contribution is 2.37. The van der Waals surface area contributed by atoms with Gasteiger partial charge in [-0.3, -0.25) is 4.79 Å². The molecular formula is C42H84NO10P+. The van der Waals surface area contributed by atoms with Crippen LogP contribution in [-0.2, 0) is 28.3 Å². The number of ether oxygens (including phenoxy) is 2. The Morgan fingerprint density at radius 1 is 0.556 bits per heavy atom. The molecule has 0 aliphatic rings. The third kappa shape index (κ3) is 40.6. The molecule has 0 aromatic heterocycles. The summed E-state index contributed by atoms with van der Waals surface area (Å²) in [6, 6.07) is 0. The summed E-state index contributed by atoms with van der Waals surface area (Å²) in [5.74, 6) is -0.976. The average molecular weight is 800 g/mol. The Morgan fingerprint density at radius 2 is 0.870 bits per heavy atom. The van der Waals surface area contributed by atoms with Gasteiger partial charge in [0.05, 0.1) is 13.1 Å². The number of hydroxylamine groups is 2. The molecule has 1 radical (unpaired) electrons. The van der Waals surface area contributed by atoms with E-state index in [2.05, 4.69) is 4.62 Å². The molecule has 0 saturated carbocycles. The number of unbranched alkanes of at least 4 members (excludes halogenated alkanes) is 26. The maximum Gasteiger partial charge on any atom is 0.574 e. The van der Waals surface area contributed by atoms with E-state index in [4.69, 9.17) is 17.7 Å². The van der Waals surface area contributed by atoms with Crippen LogP contribution in [0.3, 0.4) is 0 Å². The largest absolute Gasteiger partial charge is 0.574 e. The molecule has 0 fully saturated rings. The number of carbonyl (C=O) groups is 2. The molecular weight excluding hydrogens is 709 g/mol. The highest BCUT2D eigenvalue weighted by atomic mass is 31.2. The SMILES string of the molecule is [2H]C([2H])([2H])CCCCCCCCCCCCCCCCC(=O)OC[C@@H](O)CN(C[C@H](O)COC(=[O+])CCCCCCCCCCCCCCCCC([2H])([2H])[2H])OP(=O)(O)O. The minimum atomic E-state index is -5.04. The van der Waals surface area contributed by atoms with Crippen molar-refractivity contribution in [1.82, 2.24) is 5.06 Å². The predicted octanol–water partition coefficient (Wildman–Crippen LogP) is 10.6. The molecule has 0 aromatic carbocycles. The first-order valence-corrected chi connectivity index (χ1v) is 23.1. The Labute approximate surface area is 338 Å². The van der Waals surface area contributed by atoms with Gasteiger partial charge in [0.2, 0.25) is 6.61 Å². The number of nitrogens with zero attached hydrogens (tertiary/aromatic N) is 1. The number of rotatable bonds is 42. The van der Waals surface area contributed by atoms with E-state index in [1.54, 1.807) is 0 Å². The van der Waals surface area contributed by atoms with Gasteiger partial charge in [0, 0.05) is 19.4 Å². The number of phosphoric acid groups is 1. The van der Waals surface area contributed by atoms with Gasteiger partial charge < -0.3 is 29.5 Å². The summed E-state index contributed by atoms with van der Waals surface area (Å²) in [4.78, 5) is 43.0. The van der Waals surface area contributed by atoms with E-state index in [9.17, 15) is 34.2 Å². The molecule has 0 saturated heterocycles. The molecule has 321 valence electrons. The van der Waals surface area contributed by atoms with Crippen molar-refractivity contribution in [2.45, 2.75) is 231 Å². The minimum Gasteiger partial charge on any atom is -0.463 e. The highest BCUT2D eigenvalue weighted by molar-refractivity contribution is 7.46. The zero-order valence-corrected chi connectivity index (χ0v) is 34.6. The number of hydrogen-bond acceptors (Lipinski definition) is 9. The Balaban J connectivity index is 3.92. The lowest BCUT2D eigenvalue weighted by Gasteiger charge is -2.25. The van der Waals surface area contributed by atoms with Crippen LogP contribution in [0.1, 0.15) is 227 Å². The van der Waals surface area contributed by atoms with Crippen LogP contribution in [0, 0.1) is 0 Å². The van der Waals surface area contributed by atoms with Crippen LogP contribution in [0.4, 0.5) is 0 Å². The predicted molar refractivity (Wildman–Crippen MR) is 218 cm³/mol. The molecule has 0 spiro atoms. The van der Waals surface area contributed by atoms with Crippen LogP contribution in [-0.4, -0.2) is 75.5 Å². The van der Waals surface area contributed by atoms with Crippen molar-refractivity contribution in [2.24, 2.45) is 0 Å². The van der Waals surface area contributed by atoms with Crippen LogP contribution in [0.15, 0.2) is 0 Å². The Bertz CT molecular complexity index is 1010. The van der Waals surface area contributed by atoms with E-state index in [1.165, 1.54) is 77.0 Å². The molecule has 2 atom stereocenters. The Morgan fingerprint density at radius 3 is 1.22 bits per heavy atom. The Kier molecular flexibility index (Phi) is 30.6. The second-order valence-corrected chi connectivity index (χ2v) is 16.1. The summed E-state index contributed by atoms with van der Waals surface area (Å²) in [6.07, 6.45) is 28.1. The van der Waals surface area contributed by atoms with Gasteiger partial charge in [0.15, 0.2) is 0 Å². The maximum atomic E-state index is 12.2. The number of carbonyl (C=O) groups excluding carboxylic acids is 2. The Hall–Kier alpha value is -1.07. The fourth-order valence-corrected chi connectivity index (χ4v) is 6.86. The van der Waals surface area contributed by atoms with E-state index in [0.29, 0.717) is 30.7 Å². The van der Waals surface area contributed by atoms with Crippen molar-refractivity contribution in [3.63, 3.8) is 0 Å². The van der Waals surface area contributed by atoms with Crippen LogP contribution in [0.25, 0.3) is 0 Å². The molecule has 54 heavy (non-hydrogen) atoms. The van der Waals surface area contributed by atoms with E-state index in [-0.39, 0.29) is 12.8 Å². The van der Waals surface area contributed by atoms with Crippen molar-refractivity contribution in [1.29, 1.82) is 0 Å². The lowest BCUT2D eigenvalue weighted by Crippen LogP contribution is -2.40. The molecule has 0 amide bonds. The third-order valence-corrected chi connectivity index (χ3v) is 9.98. The second-order valence-electron chi connectivity index (χ2n) is 15.0. The molecule has 4 N–H and O–H groups in total. The van der Waals surface area contributed by atoms with Gasteiger partial charge in [-0.2, -0.15) is 9.69 Å². The van der Waals surface area contributed by atoms with Crippen molar-refractivity contribution in [3.05, 3.63) is 0 Å². The molecule has 0 bridgehead atoms. The van der Waals surface area contributed by atoms with Crippen LogP contribution in [0.2, 0.25) is 0 Å². The fraction of sp³-hybridized carbons (Fsp3) is 0.952. The van der Waals surface area contributed by atoms with Crippen LogP contribution >= 0.6 is 7.82 Å². The van der Waals surface area contributed by atoms with Crippen molar-refractivity contribution in [3.8, 4) is 0 Å². The first-order valence-electron chi connectivity index (χ1n) is 24.5. The molecule has 11 nitrogen and oxygen atoms in total. The summed E-state index contributed by atoms with van der Waals surface area (Å²) in [5.41, 5.74) is 0. The van der Waals surface area contributed by atoms with E-state index >= 15 is 0 Å². The molecule has 0 aliphatic carbocycles. The summed E-state index contributed by atoms with van der Waals surface area (Å²) in [7, 11) is -5.04. The molecule has 12 heteroatoms. The van der Waals surface area contributed by atoms with Gasteiger partial charge in [0.1, 0.15) is 25.2 Å². The lowest BCUT2D eigenvalue weighted by molar-refractivity contribution is -0.158. The number of esters is 2.